The van der Waals surface area contributed by atoms with Crippen LogP contribution in [-0.4, -0.2) is 18.9 Å². The maximum atomic E-state index is 4.41. The van der Waals surface area contributed by atoms with Gasteiger partial charge in [0.2, 0.25) is 0 Å². The van der Waals surface area contributed by atoms with E-state index in [0.717, 1.165) is 25.3 Å². The largest absolute Gasteiger partial charge is 0.370 e. The first-order valence-electron chi connectivity index (χ1n) is 4.30. The van der Waals surface area contributed by atoms with Crippen LogP contribution in [0.3, 0.4) is 0 Å². The molecular formula is C10H14N2. The molecule has 1 heterocycles. The van der Waals surface area contributed by atoms with Crippen LogP contribution in [0, 0.1) is 0 Å². The number of amidine groups is 1. The standard InChI is InChI=1S/C10H12N2.H2/c1-2-5-9(6-3-1)10-11-7-4-8-12-10;/h1-3,5-6H,4,7-8H2,(H,11,12);1H. The summed E-state index contributed by atoms with van der Waals surface area (Å²) in [4.78, 5) is 4.41. The van der Waals surface area contributed by atoms with Crippen LogP contribution in [0.15, 0.2) is 35.3 Å². The number of nitrogens with one attached hydrogen (secondary N) is 1. The van der Waals surface area contributed by atoms with Crippen LogP contribution < -0.4 is 5.32 Å². The average molecular weight is 162 g/mol. The third-order valence-corrected chi connectivity index (χ3v) is 1.94. The van der Waals surface area contributed by atoms with Crippen molar-refractivity contribution in [3.63, 3.8) is 0 Å². The smallest absolute Gasteiger partial charge is 0.128 e. The van der Waals surface area contributed by atoms with Crippen molar-refractivity contribution in [3.8, 4) is 0 Å². The van der Waals surface area contributed by atoms with E-state index in [1.165, 1.54) is 5.56 Å². The van der Waals surface area contributed by atoms with Crippen molar-refractivity contribution < 1.29 is 1.43 Å². The van der Waals surface area contributed by atoms with Gasteiger partial charge < -0.3 is 5.32 Å². The topological polar surface area (TPSA) is 24.4 Å². The van der Waals surface area contributed by atoms with Crippen molar-refractivity contribution in [2.45, 2.75) is 6.42 Å². The van der Waals surface area contributed by atoms with E-state index in [1.54, 1.807) is 0 Å². The number of rotatable bonds is 1. The summed E-state index contributed by atoms with van der Waals surface area (Å²) in [7, 11) is 0. The van der Waals surface area contributed by atoms with Gasteiger partial charge >= 0.3 is 0 Å². The van der Waals surface area contributed by atoms with E-state index in [1.807, 2.05) is 18.2 Å². The van der Waals surface area contributed by atoms with Gasteiger partial charge in [-0.25, -0.2) is 0 Å². The van der Waals surface area contributed by atoms with Gasteiger partial charge in [-0.3, -0.25) is 4.99 Å². The molecule has 2 nitrogen and oxygen atoms in total. The van der Waals surface area contributed by atoms with Crippen LogP contribution in [0.5, 0.6) is 0 Å². The van der Waals surface area contributed by atoms with Gasteiger partial charge in [-0.05, 0) is 6.42 Å². The summed E-state index contributed by atoms with van der Waals surface area (Å²) in [6.45, 7) is 2.00. The zero-order valence-corrected chi connectivity index (χ0v) is 6.96. The Kier molecular flexibility index (Phi) is 2.08. The van der Waals surface area contributed by atoms with E-state index in [9.17, 15) is 0 Å². The first kappa shape index (κ1) is 7.35. The molecule has 1 N–H and O–H groups in total. The molecule has 0 aromatic heterocycles. The summed E-state index contributed by atoms with van der Waals surface area (Å²) < 4.78 is 0. The van der Waals surface area contributed by atoms with Crippen molar-refractivity contribution in [1.29, 1.82) is 0 Å². The summed E-state index contributed by atoms with van der Waals surface area (Å²) in [6.07, 6.45) is 1.15. The molecule has 2 rings (SSSR count). The molecule has 64 valence electrons. The average Bonchev–Trinajstić information content (AvgIpc) is 2.21. The first-order valence-corrected chi connectivity index (χ1v) is 4.30. The summed E-state index contributed by atoms with van der Waals surface area (Å²) in [5.74, 6) is 1.04. The predicted molar refractivity (Wildman–Crippen MR) is 52.6 cm³/mol. The molecule has 0 fully saturated rings. The Balaban J connectivity index is 0.000000845. The van der Waals surface area contributed by atoms with Gasteiger partial charge in [0.05, 0.1) is 0 Å². The van der Waals surface area contributed by atoms with Crippen LogP contribution in [-0.2, 0) is 0 Å². The number of aliphatic imine (C=N–C) groups is 1. The Morgan fingerprint density at radius 2 is 2.08 bits per heavy atom. The monoisotopic (exact) mass is 162 g/mol. The third kappa shape index (κ3) is 1.47. The van der Waals surface area contributed by atoms with Crippen molar-refractivity contribution >= 4 is 5.84 Å². The van der Waals surface area contributed by atoms with Gasteiger partial charge in [0.1, 0.15) is 5.84 Å². The van der Waals surface area contributed by atoms with Gasteiger partial charge in [-0.15, -0.1) is 0 Å². The molecule has 0 bridgehead atoms. The Morgan fingerprint density at radius 3 is 2.75 bits per heavy atom. The second-order valence-electron chi connectivity index (χ2n) is 2.88. The minimum Gasteiger partial charge on any atom is -0.370 e. The maximum absolute atomic E-state index is 4.41. The van der Waals surface area contributed by atoms with Crippen LogP contribution >= 0.6 is 0 Å². The van der Waals surface area contributed by atoms with Gasteiger partial charge in [-0.2, -0.15) is 0 Å². The predicted octanol–water partition coefficient (Wildman–Crippen LogP) is 1.67. The molecule has 0 aliphatic carbocycles. The number of hydrogen-bond donors (Lipinski definition) is 1. The summed E-state index contributed by atoms with van der Waals surface area (Å²) >= 11 is 0. The van der Waals surface area contributed by atoms with Gasteiger partial charge in [0.25, 0.3) is 0 Å². The van der Waals surface area contributed by atoms with Crippen LogP contribution in [0.4, 0.5) is 0 Å². The minimum atomic E-state index is 0. The zero-order valence-electron chi connectivity index (χ0n) is 6.96. The van der Waals surface area contributed by atoms with Crippen LogP contribution in [0.25, 0.3) is 0 Å². The first-order chi connectivity index (χ1) is 5.97. The fraction of sp³-hybridized carbons (Fsp3) is 0.300. The van der Waals surface area contributed by atoms with Crippen molar-refractivity contribution in [1.82, 2.24) is 5.32 Å². The highest BCUT2D eigenvalue weighted by Crippen LogP contribution is 2.02. The lowest BCUT2D eigenvalue weighted by Crippen LogP contribution is -2.29. The highest BCUT2D eigenvalue weighted by atomic mass is 15.0. The number of nitrogens with zero attached hydrogens (tertiary/aromatic N) is 1. The fourth-order valence-electron chi connectivity index (χ4n) is 1.32. The molecule has 0 saturated carbocycles. The number of benzene rings is 1. The van der Waals surface area contributed by atoms with E-state index in [2.05, 4.69) is 22.4 Å². The Hall–Kier alpha value is -1.31. The number of hydrogen-bond acceptors (Lipinski definition) is 2. The molecule has 0 saturated heterocycles. The molecule has 0 unspecified atom stereocenters. The second kappa shape index (κ2) is 3.39. The molecule has 1 aromatic carbocycles. The quantitative estimate of drug-likeness (QED) is 0.667. The van der Waals surface area contributed by atoms with Crippen LogP contribution in [0.1, 0.15) is 13.4 Å². The summed E-state index contributed by atoms with van der Waals surface area (Å²) in [5, 5.41) is 3.29. The fourth-order valence-corrected chi connectivity index (χ4v) is 1.32. The van der Waals surface area contributed by atoms with E-state index in [-0.39, 0.29) is 1.43 Å². The van der Waals surface area contributed by atoms with Gasteiger partial charge in [0.15, 0.2) is 0 Å². The molecule has 0 amide bonds. The molecule has 0 radical (unpaired) electrons. The van der Waals surface area contributed by atoms with E-state index >= 15 is 0 Å². The van der Waals surface area contributed by atoms with E-state index in [4.69, 9.17) is 0 Å². The molecule has 0 spiro atoms. The Morgan fingerprint density at radius 1 is 1.25 bits per heavy atom. The molecule has 1 aliphatic heterocycles. The van der Waals surface area contributed by atoms with Crippen molar-refractivity contribution in [2.75, 3.05) is 13.1 Å². The zero-order chi connectivity index (χ0) is 8.23. The lowest BCUT2D eigenvalue weighted by atomic mass is 10.2. The van der Waals surface area contributed by atoms with E-state index < -0.39 is 0 Å². The lowest BCUT2D eigenvalue weighted by molar-refractivity contribution is 0.742. The maximum Gasteiger partial charge on any atom is 0.128 e. The second-order valence-corrected chi connectivity index (χ2v) is 2.88. The van der Waals surface area contributed by atoms with Gasteiger partial charge in [0, 0.05) is 20.1 Å². The highest BCUT2D eigenvalue weighted by molar-refractivity contribution is 5.98. The third-order valence-electron chi connectivity index (χ3n) is 1.94. The van der Waals surface area contributed by atoms with E-state index in [0.29, 0.717) is 0 Å². The molecular weight excluding hydrogens is 148 g/mol. The molecule has 0 atom stereocenters. The molecule has 1 aromatic rings. The highest BCUT2D eigenvalue weighted by Gasteiger charge is 2.04. The molecule has 12 heavy (non-hydrogen) atoms. The summed E-state index contributed by atoms with van der Waals surface area (Å²) in [6, 6.07) is 10.3. The molecule has 2 heteroatoms. The lowest BCUT2D eigenvalue weighted by Gasteiger charge is -2.14. The SMILES string of the molecule is [HH].c1ccc(C2=NCCCN2)cc1. The Bertz CT molecular complexity index is 282. The van der Waals surface area contributed by atoms with Crippen molar-refractivity contribution in [3.05, 3.63) is 35.9 Å². The Labute approximate surface area is 73.8 Å². The normalized spacial score (nSPS) is 16.5. The summed E-state index contributed by atoms with van der Waals surface area (Å²) in [5.41, 5.74) is 1.19. The van der Waals surface area contributed by atoms with Crippen molar-refractivity contribution in [2.24, 2.45) is 4.99 Å². The van der Waals surface area contributed by atoms with Gasteiger partial charge in [-0.1, -0.05) is 30.3 Å². The minimum absolute atomic E-state index is 0. The van der Waals surface area contributed by atoms with Crippen LogP contribution in [0.2, 0.25) is 0 Å². The molecule has 1 aliphatic rings.